The third-order valence-electron chi connectivity index (χ3n) is 12.6. The van der Waals surface area contributed by atoms with Gasteiger partial charge in [-0.2, -0.15) is 0 Å². The van der Waals surface area contributed by atoms with E-state index in [2.05, 4.69) is 32.5 Å². The minimum Gasteiger partial charge on any atom is -0.469 e. The van der Waals surface area contributed by atoms with Crippen molar-refractivity contribution in [1.82, 2.24) is 0 Å². The number of ketones is 2. The number of methoxy groups -OCH3 is 1. The molecule has 5 aliphatic rings. The Hall–Kier alpha value is -2.36. The number of allylic oxidation sites excluding steroid dienone is 4. The fourth-order valence-corrected chi connectivity index (χ4v) is 10.2. The molecule has 0 amide bonds. The number of alkyl halides is 2. The lowest BCUT2D eigenvalue weighted by Crippen LogP contribution is -2.66. The van der Waals surface area contributed by atoms with Crippen LogP contribution < -0.4 is 0 Å². The van der Waals surface area contributed by atoms with Crippen molar-refractivity contribution >= 4 is 17.5 Å². The SMILES string of the molecule is [C-]#[N+]C1=C[C@]2(C)C3=CC(=O)[C@@H]4[C@@H]5CC(C)(C)CC[C@]5(C(=O)OC)CC[C@@]4(C)[C@]3(C)CC[C@H]2[C@](C)(C(F)F)C1=O. The van der Waals surface area contributed by atoms with Crippen LogP contribution in [0.5, 0.6) is 0 Å². The van der Waals surface area contributed by atoms with E-state index in [1.165, 1.54) is 14.0 Å². The summed E-state index contributed by atoms with van der Waals surface area (Å²) < 4.78 is 34.7. The Labute approximate surface area is 230 Å². The first-order chi connectivity index (χ1) is 18.0. The van der Waals surface area contributed by atoms with Crippen LogP contribution in [0.2, 0.25) is 0 Å². The number of Topliss-reactive ketones (excluding diaryl/α,β-unsaturated/α-hetero) is 1. The lowest BCUT2D eigenvalue weighted by Gasteiger charge is -2.68. The van der Waals surface area contributed by atoms with E-state index in [1.807, 2.05) is 6.92 Å². The second-order valence-electron chi connectivity index (χ2n) is 14.7. The van der Waals surface area contributed by atoms with Crippen LogP contribution in [0.4, 0.5) is 8.78 Å². The minimum atomic E-state index is -2.92. The minimum absolute atomic E-state index is 0.0225. The molecule has 3 fully saturated rings. The van der Waals surface area contributed by atoms with E-state index in [-0.39, 0.29) is 28.8 Å². The lowest BCUT2D eigenvalue weighted by atomic mass is 9.34. The quantitative estimate of drug-likeness (QED) is 0.280. The number of fused-ring (bicyclic) bond motifs is 7. The number of hydrogen-bond acceptors (Lipinski definition) is 4. The number of esters is 1. The molecule has 5 rings (SSSR count). The molecule has 0 N–H and O–H groups in total. The Morgan fingerprint density at radius 1 is 1.05 bits per heavy atom. The zero-order chi connectivity index (χ0) is 29.0. The smallest absolute Gasteiger partial charge is 0.312 e. The van der Waals surface area contributed by atoms with Gasteiger partial charge in [0.2, 0.25) is 12.1 Å². The van der Waals surface area contributed by atoms with Crippen LogP contribution in [0.3, 0.4) is 0 Å². The highest BCUT2D eigenvalue weighted by Crippen LogP contribution is 2.75. The summed E-state index contributed by atoms with van der Waals surface area (Å²) in [5.74, 6) is -2.37. The standard InChI is InChI=1S/C32H41F2NO4/c1-27(2)11-13-32(26(38)39-8)14-12-30(5)23(18(32)16-27)20(36)15-22-28(3)17-19(35-7)24(37)31(6,25(33)34)21(28)9-10-29(22,30)4/h15,17-18,21,23,25H,9-14,16H2,1-6,8H3/t18-,21+,23-,28-,29+,30+,31-,32-/m0/s1. The van der Waals surface area contributed by atoms with Gasteiger partial charge in [0.25, 0.3) is 0 Å². The first kappa shape index (κ1) is 28.2. The normalized spacial score (nSPS) is 46.5. The van der Waals surface area contributed by atoms with Crippen molar-refractivity contribution in [3.05, 3.63) is 34.8 Å². The molecule has 5 nitrogen and oxygen atoms in total. The number of carbonyl (C=O) groups is 3. The molecule has 3 saturated carbocycles. The van der Waals surface area contributed by atoms with Crippen molar-refractivity contribution in [2.24, 2.45) is 50.2 Å². The van der Waals surface area contributed by atoms with Gasteiger partial charge >= 0.3 is 5.97 Å². The third kappa shape index (κ3) is 3.29. The zero-order valence-electron chi connectivity index (χ0n) is 24.2. The van der Waals surface area contributed by atoms with Gasteiger partial charge in [0.15, 0.2) is 11.6 Å². The molecule has 212 valence electrons. The molecule has 5 aliphatic carbocycles. The fourth-order valence-electron chi connectivity index (χ4n) is 10.2. The van der Waals surface area contributed by atoms with Crippen molar-refractivity contribution in [3.8, 4) is 0 Å². The maximum absolute atomic E-state index is 14.7. The Kier molecular flexibility index (Phi) is 6.02. The average Bonchev–Trinajstić information content (AvgIpc) is 2.86. The summed E-state index contributed by atoms with van der Waals surface area (Å²) in [6.07, 6.45) is 4.89. The van der Waals surface area contributed by atoms with E-state index in [1.54, 1.807) is 12.2 Å². The molecule has 7 heteroatoms. The Balaban J connectivity index is 1.71. The van der Waals surface area contributed by atoms with E-state index in [4.69, 9.17) is 11.3 Å². The predicted molar refractivity (Wildman–Crippen MR) is 142 cm³/mol. The summed E-state index contributed by atoms with van der Waals surface area (Å²) in [5.41, 5.74) is -4.26. The van der Waals surface area contributed by atoms with Crippen LogP contribution in [-0.2, 0) is 19.1 Å². The van der Waals surface area contributed by atoms with E-state index in [0.29, 0.717) is 32.1 Å². The van der Waals surface area contributed by atoms with Crippen molar-refractivity contribution < 1.29 is 27.9 Å². The van der Waals surface area contributed by atoms with Gasteiger partial charge in [-0.05, 0) is 86.0 Å². The van der Waals surface area contributed by atoms with Gasteiger partial charge in [-0.15, -0.1) is 0 Å². The van der Waals surface area contributed by atoms with Gasteiger partial charge in [-0.3, -0.25) is 9.59 Å². The number of halogens is 2. The van der Waals surface area contributed by atoms with Crippen LogP contribution in [0.25, 0.3) is 4.85 Å². The average molecular weight is 542 g/mol. The lowest BCUT2D eigenvalue weighted by molar-refractivity contribution is -0.192. The largest absolute Gasteiger partial charge is 0.469 e. The topological polar surface area (TPSA) is 64.8 Å². The number of carbonyl (C=O) groups excluding carboxylic acids is 3. The molecule has 0 aromatic carbocycles. The third-order valence-corrected chi connectivity index (χ3v) is 12.6. The van der Waals surface area contributed by atoms with Gasteiger partial charge in [0, 0.05) is 11.3 Å². The Bertz CT molecular complexity index is 1260. The maximum atomic E-state index is 14.7. The van der Waals surface area contributed by atoms with Crippen molar-refractivity contribution in [2.45, 2.75) is 92.9 Å². The van der Waals surface area contributed by atoms with Gasteiger partial charge in [-0.1, -0.05) is 46.3 Å². The van der Waals surface area contributed by atoms with Gasteiger partial charge < -0.3 is 9.53 Å². The van der Waals surface area contributed by atoms with Gasteiger partial charge in [0.05, 0.1) is 24.5 Å². The van der Waals surface area contributed by atoms with Gasteiger partial charge in [-0.25, -0.2) is 13.6 Å². The molecule has 0 aromatic heterocycles. The molecule has 0 bridgehead atoms. The molecule has 0 spiro atoms. The second kappa shape index (κ2) is 8.33. The second-order valence-corrected chi connectivity index (χ2v) is 14.7. The predicted octanol–water partition coefficient (Wildman–Crippen LogP) is 6.98. The van der Waals surface area contributed by atoms with Crippen molar-refractivity contribution in [2.75, 3.05) is 7.11 Å². The van der Waals surface area contributed by atoms with Crippen LogP contribution >= 0.6 is 0 Å². The summed E-state index contributed by atoms with van der Waals surface area (Å²) in [7, 11) is 1.43. The molecule has 0 radical (unpaired) electrons. The highest BCUT2D eigenvalue weighted by molar-refractivity contribution is 6.03. The van der Waals surface area contributed by atoms with E-state index in [9.17, 15) is 23.2 Å². The monoisotopic (exact) mass is 541 g/mol. The van der Waals surface area contributed by atoms with Crippen LogP contribution in [-0.4, -0.2) is 31.1 Å². The summed E-state index contributed by atoms with van der Waals surface area (Å²) in [6.45, 7) is 19.5. The fraction of sp³-hybridized carbons (Fsp3) is 0.750. The molecule has 0 aromatic rings. The van der Waals surface area contributed by atoms with Crippen LogP contribution in [0.15, 0.2) is 23.4 Å². The number of hydrogen-bond donors (Lipinski definition) is 0. The highest BCUT2D eigenvalue weighted by atomic mass is 19.3. The van der Waals surface area contributed by atoms with Gasteiger partial charge in [0.1, 0.15) is 0 Å². The molecule has 8 atom stereocenters. The molecule has 0 saturated heterocycles. The highest BCUT2D eigenvalue weighted by Gasteiger charge is 2.72. The van der Waals surface area contributed by atoms with Crippen LogP contribution in [0, 0.1) is 56.8 Å². The van der Waals surface area contributed by atoms with E-state index >= 15 is 0 Å². The van der Waals surface area contributed by atoms with Crippen molar-refractivity contribution in [3.63, 3.8) is 0 Å². The first-order valence-electron chi connectivity index (χ1n) is 14.3. The zero-order valence-corrected chi connectivity index (χ0v) is 24.2. The molecule has 0 aliphatic heterocycles. The number of ether oxygens (including phenoxy) is 1. The Morgan fingerprint density at radius 3 is 2.28 bits per heavy atom. The van der Waals surface area contributed by atoms with Crippen LogP contribution in [0.1, 0.15) is 86.5 Å². The summed E-state index contributed by atoms with van der Waals surface area (Å²) in [4.78, 5) is 44.3. The molecule has 0 unspecified atom stereocenters. The molecular weight excluding hydrogens is 500 g/mol. The maximum Gasteiger partial charge on any atom is 0.312 e. The van der Waals surface area contributed by atoms with E-state index in [0.717, 1.165) is 18.4 Å². The summed E-state index contributed by atoms with van der Waals surface area (Å²) in [6, 6.07) is 0. The first-order valence-corrected chi connectivity index (χ1v) is 14.3. The number of nitrogens with zero attached hydrogens (tertiary/aromatic N) is 1. The van der Waals surface area contributed by atoms with E-state index < -0.39 is 51.1 Å². The number of rotatable bonds is 2. The summed E-state index contributed by atoms with van der Waals surface area (Å²) >= 11 is 0. The Morgan fingerprint density at radius 2 is 1.69 bits per heavy atom. The molecule has 39 heavy (non-hydrogen) atoms. The molecular formula is C32H41F2NO4. The summed E-state index contributed by atoms with van der Waals surface area (Å²) in [5, 5.41) is 0. The molecule has 0 heterocycles. The van der Waals surface area contributed by atoms with Crippen molar-refractivity contribution in [1.29, 1.82) is 0 Å².